The maximum atomic E-state index is 11.3. The van der Waals surface area contributed by atoms with E-state index in [9.17, 15) is 4.79 Å². The Morgan fingerprint density at radius 3 is 2.25 bits per heavy atom. The van der Waals surface area contributed by atoms with E-state index in [1.54, 1.807) is 0 Å². The van der Waals surface area contributed by atoms with E-state index in [0.29, 0.717) is 13.0 Å². The Labute approximate surface area is 98.9 Å². The molecule has 0 aliphatic carbocycles. The lowest BCUT2D eigenvalue weighted by Crippen LogP contribution is -2.16. The van der Waals surface area contributed by atoms with Crippen LogP contribution in [0.1, 0.15) is 57.8 Å². The monoisotopic (exact) mass is 227 g/mol. The van der Waals surface area contributed by atoms with Crippen LogP contribution in [0.15, 0.2) is 0 Å². The number of carbonyl (C=O) groups excluding carboxylic acids is 1. The molecule has 16 heavy (non-hydrogen) atoms. The molecule has 0 radical (unpaired) electrons. The Bertz CT molecular complexity index is 165. The molecular formula is C13H25NO2. The molecule has 1 fully saturated rings. The molecule has 3 heteroatoms. The van der Waals surface area contributed by atoms with Gasteiger partial charge in [0.05, 0.1) is 6.61 Å². The zero-order valence-corrected chi connectivity index (χ0v) is 10.3. The fourth-order valence-electron chi connectivity index (χ4n) is 1.96. The van der Waals surface area contributed by atoms with Gasteiger partial charge in [-0.3, -0.25) is 4.79 Å². The van der Waals surface area contributed by atoms with Gasteiger partial charge >= 0.3 is 5.97 Å². The van der Waals surface area contributed by atoms with Crippen molar-refractivity contribution in [1.82, 2.24) is 5.32 Å². The maximum absolute atomic E-state index is 11.3. The standard InChI is InChI=1S/C13H25NO2/c15-13-9-5-2-1-3-6-10-14-11-7-4-8-12-16-13/h14H,1-12H2. The van der Waals surface area contributed by atoms with E-state index < -0.39 is 0 Å². The van der Waals surface area contributed by atoms with E-state index in [1.807, 2.05) is 0 Å². The third-order valence-electron chi connectivity index (χ3n) is 3.00. The predicted molar refractivity (Wildman–Crippen MR) is 65.4 cm³/mol. The lowest BCUT2D eigenvalue weighted by atomic mass is 10.1. The van der Waals surface area contributed by atoms with Gasteiger partial charge in [-0.25, -0.2) is 0 Å². The lowest BCUT2D eigenvalue weighted by Gasteiger charge is -2.04. The summed E-state index contributed by atoms with van der Waals surface area (Å²) in [4.78, 5) is 11.3. The molecule has 0 spiro atoms. The van der Waals surface area contributed by atoms with Crippen LogP contribution < -0.4 is 5.32 Å². The van der Waals surface area contributed by atoms with Crippen molar-refractivity contribution in [2.45, 2.75) is 57.8 Å². The van der Waals surface area contributed by atoms with E-state index in [2.05, 4.69) is 5.32 Å². The first-order chi connectivity index (χ1) is 7.89. The molecule has 0 saturated carbocycles. The van der Waals surface area contributed by atoms with E-state index in [4.69, 9.17) is 4.74 Å². The molecule has 0 unspecified atom stereocenters. The fraction of sp³-hybridized carbons (Fsp3) is 0.923. The molecule has 0 aromatic heterocycles. The van der Waals surface area contributed by atoms with E-state index in [1.165, 1.54) is 25.7 Å². The Morgan fingerprint density at radius 1 is 0.812 bits per heavy atom. The minimum atomic E-state index is -0.00648. The third kappa shape index (κ3) is 7.69. The third-order valence-corrected chi connectivity index (χ3v) is 3.00. The molecule has 1 heterocycles. The Morgan fingerprint density at radius 2 is 1.44 bits per heavy atom. The highest BCUT2D eigenvalue weighted by Gasteiger charge is 2.02. The van der Waals surface area contributed by atoms with Crippen molar-refractivity contribution in [3.05, 3.63) is 0 Å². The molecular weight excluding hydrogens is 202 g/mol. The summed E-state index contributed by atoms with van der Waals surface area (Å²) in [6.07, 6.45) is 9.91. The fourth-order valence-corrected chi connectivity index (χ4v) is 1.96. The van der Waals surface area contributed by atoms with Gasteiger partial charge in [0.1, 0.15) is 0 Å². The molecule has 94 valence electrons. The van der Waals surface area contributed by atoms with Gasteiger partial charge in [0, 0.05) is 6.42 Å². The smallest absolute Gasteiger partial charge is 0.305 e. The van der Waals surface area contributed by atoms with E-state index in [0.717, 1.165) is 38.8 Å². The number of hydrogen-bond acceptors (Lipinski definition) is 3. The summed E-state index contributed by atoms with van der Waals surface area (Å²) >= 11 is 0. The number of esters is 1. The van der Waals surface area contributed by atoms with Gasteiger partial charge in [-0.2, -0.15) is 0 Å². The Balaban J connectivity index is 2.13. The van der Waals surface area contributed by atoms with Crippen LogP contribution in [0.4, 0.5) is 0 Å². The first-order valence-electron chi connectivity index (χ1n) is 6.76. The second kappa shape index (κ2) is 9.64. The van der Waals surface area contributed by atoms with Gasteiger partial charge in [-0.15, -0.1) is 0 Å². The zero-order valence-electron chi connectivity index (χ0n) is 10.3. The molecule has 3 nitrogen and oxygen atoms in total. The summed E-state index contributed by atoms with van der Waals surface area (Å²) in [5.74, 6) is -0.00648. The van der Waals surface area contributed by atoms with Crippen molar-refractivity contribution < 1.29 is 9.53 Å². The number of hydrogen-bond donors (Lipinski definition) is 1. The van der Waals surface area contributed by atoms with E-state index in [-0.39, 0.29) is 5.97 Å². The zero-order chi connectivity index (χ0) is 11.5. The normalized spacial score (nSPS) is 22.9. The highest BCUT2D eigenvalue weighted by Crippen LogP contribution is 2.07. The van der Waals surface area contributed by atoms with Gasteiger partial charge in [-0.05, 0) is 45.2 Å². The summed E-state index contributed by atoms with van der Waals surface area (Å²) in [6.45, 7) is 2.86. The molecule has 0 aromatic carbocycles. The maximum Gasteiger partial charge on any atom is 0.305 e. The molecule has 1 saturated heterocycles. The molecule has 0 aromatic rings. The molecule has 0 atom stereocenters. The van der Waals surface area contributed by atoms with Crippen LogP contribution in [-0.2, 0) is 9.53 Å². The topological polar surface area (TPSA) is 38.3 Å². The second-order valence-corrected chi connectivity index (χ2v) is 4.55. The van der Waals surface area contributed by atoms with Crippen molar-refractivity contribution in [2.24, 2.45) is 0 Å². The summed E-state index contributed by atoms with van der Waals surface area (Å²) in [5.41, 5.74) is 0. The van der Waals surface area contributed by atoms with Gasteiger partial charge in [0.2, 0.25) is 0 Å². The molecule has 1 aliphatic heterocycles. The summed E-state index contributed by atoms with van der Waals surface area (Å²) < 4.78 is 5.16. The molecule has 0 amide bonds. The summed E-state index contributed by atoms with van der Waals surface area (Å²) in [5, 5.41) is 3.46. The van der Waals surface area contributed by atoms with Gasteiger partial charge in [-0.1, -0.05) is 19.3 Å². The highest BCUT2D eigenvalue weighted by molar-refractivity contribution is 5.69. The number of carbonyl (C=O) groups is 1. The van der Waals surface area contributed by atoms with E-state index >= 15 is 0 Å². The van der Waals surface area contributed by atoms with Crippen LogP contribution >= 0.6 is 0 Å². The van der Waals surface area contributed by atoms with Crippen molar-refractivity contribution in [2.75, 3.05) is 19.7 Å². The quantitative estimate of drug-likeness (QED) is 0.647. The molecule has 1 aliphatic rings. The first-order valence-corrected chi connectivity index (χ1v) is 6.76. The second-order valence-electron chi connectivity index (χ2n) is 4.55. The summed E-state index contributed by atoms with van der Waals surface area (Å²) in [6, 6.07) is 0. The predicted octanol–water partition coefficient (Wildman–Crippen LogP) is 2.64. The van der Waals surface area contributed by atoms with Crippen molar-refractivity contribution in [3.63, 3.8) is 0 Å². The van der Waals surface area contributed by atoms with Crippen LogP contribution in [0.25, 0.3) is 0 Å². The largest absolute Gasteiger partial charge is 0.466 e. The van der Waals surface area contributed by atoms with Crippen LogP contribution in [0.2, 0.25) is 0 Å². The number of rotatable bonds is 0. The average molecular weight is 227 g/mol. The Kier molecular flexibility index (Phi) is 8.13. The molecule has 0 bridgehead atoms. The first kappa shape index (κ1) is 13.5. The molecule has 1 N–H and O–H groups in total. The van der Waals surface area contributed by atoms with Crippen molar-refractivity contribution >= 4 is 5.97 Å². The van der Waals surface area contributed by atoms with Crippen LogP contribution in [0.3, 0.4) is 0 Å². The number of nitrogens with one attached hydrogen (secondary N) is 1. The minimum Gasteiger partial charge on any atom is -0.466 e. The van der Waals surface area contributed by atoms with Crippen molar-refractivity contribution in [3.8, 4) is 0 Å². The minimum absolute atomic E-state index is 0.00648. The lowest BCUT2D eigenvalue weighted by molar-refractivity contribution is -0.143. The summed E-state index contributed by atoms with van der Waals surface area (Å²) in [7, 11) is 0. The number of cyclic esters (lactones) is 1. The van der Waals surface area contributed by atoms with Crippen LogP contribution in [-0.4, -0.2) is 25.7 Å². The average Bonchev–Trinajstić information content (AvgIpc) is 2.29. The van der Waals surface area contributed by atoms with Crippen molar-refractivity contribution in [1.29, 1.82) is 0 Å². The Hall–Kier alpha value is -0.570. The SMILES string of the molecule is O=C1CCCCCCCNCCCCCO1. The van der Waals surface area contributed by atoms with Gasteiger partial charge in [0.25, 0.3) is 0 Å². The molecule has 1 rings (SSSR count). The van der Waals surface area contributed by atoms with Crippen LogP contribution in [0, 0.1) is 0 Å². The van der Waals surface area contributed by atoms with Crippen LogP contribution in [0.5, 0.6) is 0 Å². The highest BCUT2D eigenvalue weighted by atomic mass is 16.5. The van der Waals surface area contributed by atoms with Gasteiger partial charge in [0.15, 0.2) is 0 Å². The van der Waals surface area contributed by atoms with Gasteiger partial charge < -0.3 is 10.1 Å². The number of ether oxygens (including phenoxy) is 1.